The van der Waals surface area contributed by atoms with E-state index in [1.165, 1.54) is 4.90 Å². The van der Waals surface area contributed by atoms with Crippen LogP contribution in [0.15, 0.2) is 34.8 Å². The van der Waals surface area contributed by atoms with Crippen LogP contribution in [0, 0.1) is 30.6 Å². The first-order valence-corrected chi connectivity index (χ1v) is 8.19. The zero-order valence-electron chi connectivity index (χ0n) is 11.8. The van der Waals surface area contributed by atoms with E-state index in [0.29, 0.717) is 5.69 Å². The van der Waals surface area contributed by atoms with Crippen molar-refractivity contribution < 1.29 is 9.59 Å². The Morgan fingerprint density at radius 3 is 2.10 bits per heavy atom. The second-order valence-corrected chi connectivity index (χ2v) is 7.16. The molecule has 1 heterocycles. The van der Waals surface area contributed by atoms with E-state index in [1.54, 1.807) is 0 Å². The van der Waals surface area contributed by atoms with Gasteiger partial charge in [0.25, 0.3) is 0 Å². The molecule has 4 aliphatic rings. The van der Waals surface area contributed by atoms with E-state index in [0.717, 1.165) is 22.9 Å². The summed E-state index contributed by atoms with van der Waals surface area (Å²) in [6.07, 6.45) is 6.36. The summed E-state index contributed by atoms with van der Waals surface area (Å²) >= 11 is 3.50. The van der Waals surface area contributed by atoms with E-state index < -0.39 is 0 Å². The number of carbonyl (C=O) groups is 2. The third kappa shape index (κ3) is 1.78. The van der Waals surface area contributed by atoms with Gasteiger partial charge >= 0.3 is 0 Å². The molecule has 1 saturated carbocycles. The smallest absolute Gasteiger partial charge is 0.238 e. The number of amides is 2. The number of anilines is 1. The van der Waals surface area contributed by atoms with E-state index in [2.05, 4.69) is 28.1 Å². The van der Waals surface area contributed by atoms with Crippen LogP contribution in [0.5, 0.6) is 0 Å². The lowest BCUT2D eigenvalue weighted by molar-refractivity contribution is -0.124. The molecule has 3 aliphatic carbocycles. The van der Waals surface area contributed by atoms with Crippen LogP contribution in [0.3, 0.4) is 0 Å². The molecule has 1 saturated heterocycles. The molecule has 1 aliphatic heterocycles. The van der Waals surface area contributed by atoms with Gasteiger partial charge in [0, 0.05) is 4.47 Å². The Labute approximate surface area is 132 Å². The summed E-state index contributed by atoms with van der Waals surface area (Å²) in [5.74, 6) is 0.155. The number of imide groups is 1. The highest BCUT2D eigenvalue weighted by molar-refractivity contribution is 9.10. The second kappa shape index (κ2) is 4.54. The Morgan fingerprint density at radius 2 is 1.62 bits per heavy atom. The molecule has 2 amide bonds. The number of fused-ring (bicyclic) bond motifs is 1. The lowest BCUT2D eigenvalue weighted by Crippen LogP contribution is -2.38. The van der Waals surface area contributed by atoms with Gasteiger partial charge in [-0.25, -0.2) is 4.90 Å². The summed E-state index contributed by atoms with van der Waals surface area (Å²) in [4.78, 5) is 27.1. The van der Waals surface area contributed by atoms with E-state index in [-0.39, 0.29) is 35.5 Å². The average Bonchev–Trinajstić information content (AvgIpc) is 2.75. The van der Waals surface area contributed by atoms with Crippen molar-refractivity contribution in [3.8, 4) is 0 Å². The number of rotatable bonds is 1. The van der Waals surface area contributed by atoms with Crippen molar-refractivity contribution in [3.63, 3.8) is 0 Å². The highest BCUT2D eigenvalue weighted by Crippen LogP contribution is 2.51. The molecule has 0 aromatic heterocycles. The first-order chi connectivity index (χ1) is 10.1. The van der Waals surface area contributed by atoms with Crippen LogP contribution < -0.4 is 4.90 Å². The van der Waals surface area contributed by atoms with Gasteiger partial charge in [0.2, 0.25) is 11.8 Å². The number of hydrogen-bond donors (Lipinski definition) is 0. The van der Waals surface area contributed by atoms with Gasteiger partial charge in [0.1, 0.15) is 0 Å². The first kappa shape index (κ1) is 13.3. The van der Waals surface area contributed by atoms with Crippen LogP contribution in [0.4, 0.5) is 5.69 Å². The number of halogens is 1. The SMILES string of the molecule is Cc1ccc(N2C(=O)[C@@H]3[C@@H](C2=O)[C@H]2C=C[C@H]3CC2)c(Br)c1. The average molecular weight is 346 g/mol. The van der Waals surface area contributed by atoms with Crippen molar-refractivity contribution in [3.05, 3.63) is 40.4 Å². The quantitative estimate of drug-likeness (QED) is 0.577. The number of allylic oxidation sites excluding steroid dienone is 2. The van der Waals surface area contributed by atoms with Gasteiger partial charge in [-0.2, -0.15) is 0 Å². The van der Waals surface area contributed by atoms with Gasteiger partial charge in [-0.3, -0.25) is 9.59 Å². The van der Waals surface area contributed by atoms with E-state index in [4.69, 9.17) is 0 Å². The lowest BCUT2D eigenvalue weighted by Gasteiger charge is -2.38. The summed E-state index contributed by atoms with van der Waals surface area (Å²) in [7, 11) is 0. The van der Waals surface area contributed by atoms with Crippen LogP contribution in [0.2, 0.25) is 0 Å². The second-order valence-electron chi connectivity index (χ2n) is 6.31. The fraction of sp³-hybridized carbons (Fsp3) is 0.412. The Morgan fingerprint density at radius 1 is 1.05 bits per heavy atom. The van der Waals surface area contributed by atoms with Crippen molar-refractivity contribution in [2.75, 3.05) is 4.90 Å². The lowest BCUT2D eigenvalue weighted by atomic mass is 9.63. The van der Waals surface area contributed by atoms with Crippen molar-refractivity contribution in [1.29, 1.82) is 0 Å². The third-order valence-corrected chi connectivity index (χ3v) is 5.74. The van der Waals surface area contributed by atoms with E-state index in [9.17, 15) is 9.59 Å². The molecule has 0 radical (unpaired) electrons. The Kier molecular flexibility index (Phi) is 2.86. The molecule has 2 fully saturated rings. The van der Waals surface area contributed by atoms with Gasteiger partial charge in [0.05, 0.1) is 17.5 Å². The van der Waals surface area contributed by atoms with E-state index >= 15 is 0 Å². The van der Waals surface area contributed by atoms with Crippen molar-refractivity contribution in [1.82, 2.24) is 0 Å². The highest BCUT2D eigenvalue weighted by atomic mass is 79.9. The number of benzene rings is 1. The monoisotopic (exact) mass is 345 g/mol. The maximum atomic E-state index is 12.8. The van der Waals surface area contributed by atoms with E-state index in [1.807, 2.05) is 25.1 Å². The molecule has 0 N–H and O–H groups in total. The summed E-state index contributed by atoms with van der Waals surface area (Å²) < 4.78 is 0.808. The van der Waals surface area contributed by atoms with Crippen LogP contribution >= 0.6 is 15.9 Å². The molecule has 2 bridgehead atoms. The maximum Gasteiger partial charge on any atom is 0.238 e. The molecule has 5 rings (SSSR count). The minimum atomic E-state index is -0.144. The fourth-order valence-electron chi connectivity index (χ4n) is 4.10. The van der Waals surface area contributed by atoms with Crippen molar-refractivity contribution in [2.24, 2.45) is 23.7 Å². The normalized spacial score (nSPS) is 33.7. The molecule has 4 atom stereocenters. The van der Waals surface area contributed by atoms with Gasteiger partial charge in [-0.1, -0.05) is 18.2 Å². The number of nitrogens with zero attached hydrogens (tertiary/aromatic N) is 1. The Bertz CT molecular complexity index is 649. The first-order valence-electron chi connectivity index (χ1n) is 7.40. The zero-order chi connectivity index (χ0) is 14.7. The molecule has 21 heavy (non-hydrogen) atoms. The number of hydrogen-bond acceptors (Lipinski definition) is 2. The van der Waals surface area contributed by atoms with Crippen molar-refractivity contribution in [2.45, 2.75) is 19.8 Å². The summed E-state index contributed by atoms with van der Waals surface area (Å²) in [5.41, 5.74) is 1.79. The standard InChI is InChI=1S/C17H16BrNO2/c1-9-2-7-13(12(18)8-9)19-16(20)14-10-3-4-11(6-5-10)15(14)17(19)21/h2-4,7-8,10-11,14-15H,5-6H2,1H3/t10-,11-,14-,15-/m0/s1. The van der Waals surface area contributed by atoms with Crippen LogP contribution in [-0.2, 0) is 9.59 Å². The Balaban J connectivity index is 1.78. The molecule has 0 spiro atoms. The molecule has 1 aromatic rings. The van der Waals surface area contributed by atoms with Gasteiger partial charge in [-0.15, -0.1) is 0 Å². The minimum Gasteiger partial charge on any atom is -0.274 e. The molecular weight excluding hydrogens is 330 g/mol. The van der Waals surface area contributed by atoms with Crippen LogP contribution in [0.1, 0.15) is 18.4 Å². The van der Waals surface area contributed by atoms with Gasteiger partial charge in [-0.05, 0) is 65.2 Å². The maximum absolute atomic E-state index is 12.8. The number of aryl methyl sites for hydroxylation is 1. The topological polar surface area (TPSA) is 37.4 Å². The third-order valence-electron chi connectivity index (χ3n) is 5.10. The van der Waals surface area contributed by atoms with Gasteiger partial charge < -0.3 is 0 Å². The van der Waals surface area contributed by atoms with Crippen molar-refractivity contribution >= 4 is 33.4 Å². The molecule has 108 valence electrons. The summed E-state index contributed by atoms with van der Waals surface area (Å²) in [6, 6.07) is 5.75. The van der Waals surface area contributed by atoms with Crippen LogP contribution in [0.25, 0.3) is 0 Å². The van der Waals surface area contributed by atoms with Crippen LogP contribution in [-0.4, -0.2) is 11.8 Å². The van der Waals surface area contributed by atoms with Gasteiger partial charge in [0.15, 0.2) is 0 Å². The molecule has 0 unspecified atom stereocenters. The molecular formula is C17H16BrNO2. The molecule has 4 heteroatoms. The molecule has 1 aromatic carbocycles. The number of carbonyl (C=O) groups excluding carboxylic acids is 2. The predicted molar refractivity (Wildman–Crippen MR) is 83.7 cm³/mol. The predicted octanol–water partition coefficient (Wildman–Crippen LogP) is 3.46. The highest BCUT2D eigenvalue weighted by Gasteiger charge is 2.57. The molecule has 3 nitrogen and oxygen atoms in total. The zero-order valence-corrected chi connectivity index (χ0v) is 13.3. The minimum absolute atomic E-state index is 0.0198. The largest absolute Gasteiger partial charge is 0.274 e. The fourth-order valence-corrected chi connectivity index (χ4v) is 4.78. The Hall–Kier alpha value is -1.42. The summed E-state index contributed by atoms with van der Waals surface area (Å²) in [6.45, 7) is 1.99. The summed E-state index contributed by atoms with van der Waals surface area (Å²) in [5, 5.41) is 0.